The minimum Gasteiger partial charge on any atom is -0.461 e. The van der Waals surface area contributed by atoms with Crippen LogP contribution in [0.3, 0.4) is 0 Å². The summed E-state index contributed by atoms with van der Waals surface area (Å²) in [7, 11) is -3.83. The number of rotatable bonds is 4. The number of fused-ring (bicyclic) bond motifs is 1. The molecule has 1 heterocycles. The van der Waals surface area contributed by atoms with Crippen LogP contribution in [-0.2, 0) is 19.6 Å². The van der Waals surface area contributed by atoms with Crippen molar-refractivity contribution in [2.24, 2.45) is 17.8 Å². The minimum atomic E-state index is -3.83. The van der Waals surface area contributed by atoms with Gasteiger partial charge in [0.15, 0.2) is 5.69 Å². The van der Waals surface area contributed by atoms with Gasteiger partial charge in [0.25, 0.3) is 5.91 Å². The first-order chi connectivity index (χ1) is 15.7. The minimum absolute atomic E-state index is 0.0868. The van der Waals surface area contributed by atoms with Crippen molar-refractivity contribution in [2.45, 2.75) is 51.0 Å². The molecule has 0 unspecified atom stereocenters. The summed E-state index contributed by atoms with van der Waals surface area (Å²) < 4.78 is 31.2. The quantitative estimate of drug-likeness (QED) is 0.550. The van der Waals surface area contributed by atoms with Gasteiger partial charge in [0.1, 0.15) is 0 Å². The molecule has 0 atom stereocenters. The predicted molar refractivity (Wildman–Crippen MR) is 124 cm³/mol. The summed E-state index contributed by atoms with van der Waals surface area (Å²) in [6.07, 6.45) is 7.87. The number of aromatic nitrogens is 1. The lowest BCUT2D eigenvalue weighted by Crippen LogP contribution is -2.59. The number of amides is 1. The average Bonchev–Trinajstić information content (AvgIpc) is 3.06. The summed E-state index contributed by atoms with van der Waals surface area (Å²) in [5.74, 6) is 6.36. The van der Waals surface area contributed by atoms with Crippen LogP contribution < -0.4 is 5.32 Å². The van der Waals surface area contributed by atoms with Gasteiger partial charge in [-0.15, -0.1) is 0 Å². The van der Waals surface area contributed by atoms with Crippen molar-refractivity contribution in [2.75, 3.05) is 12.9 Å². The van der Waals surface area contributed by atoms with Gasteiger partial charge >= 0.3 is 5.97 Å². The number of para-hydroxylation sites is 1. The second kappa shape index (κ2) is 7.91. The molecule has 4 aliphatic carbocycles. The van der Waals surface area contributed by atoms with E-state index in [2.05, 4.69) is 17.2 Å². The molecule has 4 saturated carbocycles. The third-order valence-corrected chi connectivity index (χ3v) is 8.39. The Bertz CT molecular complexity index is 1280. The first-order valence-corrected chi connectivity index (χ1v) is 13.4. The summed E-state index contributed by atoms with van der Waals surface area (Å²) in [4.78, 5) is 25.7. The Balaban J connectivity index is 1.53. The van der Waals surface area contributed by atoms with E-state index in [-0.39, 0.29) is 29.3 Å². The molecule has 1 amide bonds. The molecule has 4 bridgehead atoms. The molecular formula is C25H28N2O5S. The SMILES string of the molecule is CCOC(=O)c1c(C#CC(=O)NC23CC4CC(CC(C4)C2)C3)c2ccccc2n1S(C)(=O)=O. The fourth-order valence-electron chi connectivity index (χ4n) is 6.72. The van der Waals surface area contributed by atoms with Crippen LogP contribution in [0.1, 0.15) is 61.5 Å². The van der Waals surface area contributed by atoms with Gasteiger partial charge in [0.2, 0.25) is 10.0 Å². The van der Waals surface area contributed by atoms with E-state index < -0.39 is 16.0 Å². The van der Waals surface area contributed by atoms with Crippen molar-refractivity contribution in [3.8, 4) is 11.8 Å². The van der Waals surface area contributed by atoms with E-state index in [4.69, 9.17) is 4.74 Å². The van der Waals surface area contributed by atoms with Crippen molar-refractivity contribution in [3.63, 3.8) is 0 Å². The normalized spacial score (nSPS) is 27.8. The molecule has 1 N–H and O–H groups in total. The van der Waals surface area contributed by atoms with Gasteiger partial charge in [0, 0.05) is 16.8 Å². The summed E-state index contributed by atoms with van der Waals surface area (Å²) in [5, 5.41) is 3.69. The molecule has 8 heteroatoms. The molecule has 0 saturated heterocycles. The van der Waals surface area contributed by atoms with Gasteiger partial charge in [-0.05, 0) is 69.3 Å². The van der Waals surface area contributed by atoms with Crippen LogP contribution in [-0.4, -0.2) is 42.7 Å². The molecule has 1 aromatic heterocycles. The fourth-order valence-corrected chi connectivity index (χ4v) is 7.74. The van der Waals surface area contributed by atoms with Crippen molar-refractivity contribution < 1.29 is 22.7 Å². The highest BCUT2D eigenvalue weighted by Gasteiger charge is 2.51. The summed E-state index contributed by atoms with van der Waals surface area (Å²) in [6.45, 7) is 1.74. The Kier molecular flexibility index (Phi) is 5.28. The molecule has 0 spiro atoms. The number of benzene rings is 1. The predicted octanol–water partition coefficient (Wildman–Crippen LogP) is 3.06. The lowest BCUT2D eigenvalue weighted by atomic mass is 9.53. The van der Waals surface area contributed by atoms with Crippen molar-refractivity contribution in [3.05, 3.63) is 35.5 Å². The van der Waals surface area contributed by atoms with E-state index in [1.807, 2.05) is 0 Å². The second-order valence-corrected chi connectivity index (χ2v) is 11.7. The van der Waals surface area contributed by atoms with E-state index in [1.165, 1.54) is 19.3 Å². The number of carbonyl (C=O) groups excluding carboxylic acids is 2. The molecule has 1 aromatic carbocycles. The monoisotopic (exact) mass is 468 g/mol. The van der Waals surface area contributed by atoms with Crippen molar-refractivity contribution in [1.82, 2.24) is 9.29 Å². The first-order valence-electron chi connectivity index (χ1n) is 11.5. The number of esters is 1. The maximum Gasteiger partial charge on any atom is 0.357 e. The molecule has 7 nitrogen and oxygen atoms in total. The standard InChI is InChI=1S/C25H28N2O5S/c1-3-32-24(29)23-20(19-6-4-5-7-21(19)27(23)33(2,30)31)8-9-22(28)26-25-13-16-10-17(14-25)12-18(11-16)15-25/h4-7,16-18H,3,10-15H2,1-2H3,(H,26,28). The fraction of sp³-hybridized carbons (Fsp3) is 0.520. The topological polar surface area (TPSA) is 94.5 Å². The molecule has 2 aromatic rings. The van der Waals surface area contributed by atoms with Gasteiger partial charge in [-0.25, -0.2) is 17.2 Å². The van der Waals surface area contributed by atoms with Gasteiger partial charge < -0.3 is 10.1 Å². The number of nitrogens with zero attached hydrogens (tertiary/aromatic N) is 1. The third-order valence-electron chi connectivity index (χ3n) is 7.35. The van der Waals surface area contributed by atoms with Gasteiger partial charge in [-0.3, -0.25) is 4.79 Å². The van der Waals surface area contributed by atoms with Crippen LogP contribution in [0.4, 0.5) is 0 Å². The molecule has 0 radical (unpaired) electrons. The smallest absolute Gasteiger partial charge is 0.357 e. The van der Waals surface area contributed by atoms with E-state index >= 15 is 0 Å². The van der Waals surface area contributed by atoms with E-state index in [0.29, 0.717) is 28.7 Å². The molecule has 4 fully saturated rings. The first kappa shape index (κ1) is 22.0. The maximum absolute atomic E-state index is 12.9. The van der Waals surface area contributed by atoms with E-state index in [1.54, 1.807) is 31.2 Å². The summed E-state index contributed by atoms with van der Waals surface area (Å²) in [5.41, 5.74) is 0.172. The van der Waals surface area contributed by atoms with Crippen molar-refractivity contribution in [1.29, 1.82) is 0 Å². The molecule has 0 aliphatic heterocycles. The van der Waals surface area contributed by atoms with Crippen LogP contribution >= 0.6 is 0 Å². The van der Waals surface area contributed by atoms with Crippen LogP contribution in [0.5, 0.6) is 0 Å². The maximum atomic E-state index is 12.9. The zero-order chi connectivity index (χ0) is 23.4. The zero-order valence-corrected chi connectivity index (χ0v) is 19.7. The Morgan fingerprint density at radius 3 is 2.30 bits per heavy atom. The van der Waals surface area contributed by atoms with Crippen LogP contribution in [0.15, 0.2) is 24.3 Å². The highest BCUT2D eigenvalue weighted by Crippen LogP contribution is 2.55. The van der Waals surface area contributed by atoms with Crippen LogP contribution in [0.25, 0.3) is 10.9 Å². The summed E-state index contributed by atoms with van der Waals surface area (Å²) in [6, 6.07) is 6.74. The Hall–Kier alpha value is -2.79. The summed E-state index contributed by atoms with van der Waals surface area (Å²) >= 11 is 0. The third kappa shape index (κ3) is 3.93. The second-order valence-electron chi connectivity index (χ2n) is 9.89. The number of nitrogens with one attached hydrogen (secondary N) is 1. The Labute approximate surface area is 193 Å². The molecule has 33 heavy (non-hydrogen) atoms. The lowest BCUT2D eigenvalue weighted by molar-refractivity contribution is -0.121. The van der Waals surface area contributed by atoms with Gasteiger partial charge in [-0.2, -0.15) is 0 Å². The average molecular weight is 469 g/mol. The number of carbonyl (C=O) groups is 2. The van der Waals surface area contributed by atoms with Crippen LogP contribution in [0, 0.1) is 29.6 Å². The molecule has 174 valence electrons. The zero-order valence-electron chi connectivity index (χ0n) is 18.9. The molecular weight excluding hydrogens is 440 g/mol. The van der Waals surface area contributed by atoms with Crippen molar-refractivity contribution >= 4 is 32.8 Å². The van der Waals surface area contributed by atoms with Gasteiger partial charge in [0.05, 0.1) is 23.9 Å². The van der Waals surface area contributed by atoms with E-state index in [0.717, 1.165) is 29.5 Å². The molecule has 6 rings (SSSR count). The number of hydrogen-bond acceptors (Lipinski definition) is 5. The van der Waals surface area contributed by atoms with Gasteiger partial charge in [-0.1, -0.05) is 24.1 Å². The Morgan fingerprint density at radius 2 is 1.73 bits per heavy atom. The lowest BCUT2D eigenvalue weighted by Gasteiger charge is -2.56. The van der Waals surface area contributed by atoms with E-state index in [9.17, 15) is 18.0 Å². The number of ether oxygens (including phenoxy) is 1. The van der Waals surface area contributed by atoms with Crippen LogP contribution in [0.2, 0.25) is 0 Å². The highest BCUT2D eigenvalue weighted by molar-refractivity contribution is 7.89. The largest absolute Gasteiger partial charge is 0.461 e. The Morgan fingerprint density at radius 1 is 1.12 bits per heavy atom. The highest BCUT2D eigenvalue weighted by atomic mass is 32.2. The molecule has 4 aliphatic rings. The number of hydrogen-bond donors (Lipinski definition) is 1.